The van der Waals surface area contributed by atoms with Crippen molar-refractivity contribution in [2.24, 2.45) is 0 Å². The third-order valence-electron chi connectivity index (χ3n) is 2.53. The number of hydrogen-bond acceptors (Lipinski definition) is 1. The second-order valence-corrected chi connectivity index (χ2v) is 4.68. The summed E-state index contributed by atoms with van der Waals surface area (Å²) in [6.45, 7) is 2.04. The van der Waals surface area contributed by atoms with Crippen molar-refractivity contribution in [3.63, 3.8) is 0 Å². The zero-order valence-corrected chi connectivity index (χ0v) is 13.1. The molecule has 101 valence electrons. The van der Waals surface area contributed by atoms with E-state index in [4.69, 9.17) is 17.3 Å². The van der Waals surface area contributed by atoms with Gasteiger partial charge in [-0.2, -0.15) is 0 Å². The number of hydrogen-bond donors (Lipinski definition) is 1. The van der Waals surface area contributed by atoms with E-state index >= 15 is 0 Å². The topological polar surface area (TPSA) is 26.0 Å². The molecule has 0 bridgehead atoms. The monoisotopic (exact) mass is 352 g/mol. The van der Waals surface area contributed by atoms with Crippen LogP contribution in [-0.4, -0.2) is 0 Å². The normalized spacial score (nSPS) is 14.2. The molecule has 2 N–H and O–H groups in total. The van der Waals surface area contributed by atoms with E-state index in [0.717, 1.165) is 17.1 Å². The molecule has 18 heavy (non-hydrogen) atoms. The Morgan fingerprint density at radius 1 is 1.11 bits per heavy atom. The zero-order valence-electron chi connectivity index (χ0n) is 10.7. The van der Waals surface area contributed by atoms with E-state index in [1.54, 1.807) is 0 Å². The van der Waals surface area contributed by atoms with Gasteiger partial charge in [-0.15, -0.1) is 0 Å². The van der Waals surface area contributed by atoms with E-state index in [1.165, 1.54) is 24.8 Å². The van der Waals surface area contributed by atoms with Crippen molar-refractivity contribution in [3.05, 3.63) is 53.1 Å². The van der Waals surface area contributed by atoms with Crippen molar-refractivity contribution in [1.29, 1.82) is 0 Å². The van der Waals surface area contributed by atoms with Gasteiger partial charge >= 0.3 is 0 Å². The van der Waals surface area contributed by atoms with Crippen LogP contribution in [0.5, 0.6) is 0 Å². The summed E-state index contributed by atoms with van der Waals surface area (Å²) in [5.74, 6) is 0. The molecule has 0 spiro atoms. The summed E-state index contributed by atoms with van der Waals surface area (Å²) in [5, 5.41) is 0.992. The molecule has 1 radical (unpaired) electrons. The number of aryl methyl sites for hydroxylation is 1. The molecular formula is C15H20ClNRh. The van der Waals surface area contributed by atoms with E-state index in [2.05, 4.69) is 6.08 Å². The van der Waals surface area contributed by atoms with Gasteiger partial charge in [-0.3, -0.25) is 0 Å². The molecule has 1 aliphatic carbocycles. The van der Waals surface area contributed by atoms with Gasteiger partial charge in [-0.1, -0.05) is 41.4 Å². The Kier molecular flexibility index (Phi) is 10.0. The largest absolute Gasteiger partial charge is 0.399 e. The van der Waals surface area contributed by atoms with Gasteiger partial charge in [0.1, 0.15) is 0 Å². The van der Waals surface area contributed by atoms with Gasteiger partial charge in [0.25, 0.3) is 0 Å². The summed E-state index contributed by atoms with van der Waals surface area (Å²) in [5.41, 5.74) is 7.51. The number of benzene rings is 1. The average Bonchev–Trinajstić information content (AvgIpc) is 2.29. The molecule has 0 saturated carbocycles. The predicted molar refractivity (Wildman–Crippen MR) is 77.1 cm³/mol. The molecule has 1 aromatic carbocycles. The zero-order chi connectivity index (χ0) is 12.5. The van der Waals surface area contributed by atoms with Crippen LogP contribution in [0.4, 0.5) is 5.69 Å². The molecule has 3 heteroatoms. The van der Waals surface area contributed by atoms with Gasteiger partial charge in [0, 0.05) is 30.2 Å². The van der Waals surface area contributed by atoms with Crippen molar-refractivity contribution in [2.45, 2.75) is 32.6 Å². The minimum Gasteiger partial charge on any atom is -0.399 e. The molecule has 0 aromatic heterocycles. The minimum atomic E-state index is 0. The van der Waals surface area contributed by atoms with Crippen LogP contribution in [0.15, 0.2) is 47.5 Å². The number of nitrogens with two attached hydrogens (primary N) is 1. The fourth-order valence-corrected chi connectivity index (χ4v) is 1.68. The third-order valence-corrected chi connectivity index (χ3v) is 2.84. The van der Waals surface area contributed by atoms with Crippen LogP contribution in [0.3, 0.4) is 0 Å². The maximum absolute atomic E-state index is 5.80. The van der Waals surface area contributed by atoms with Crippen molar-refractivity contribution in [1.82, 2.24) is 0 Å². The first-order chi connectivity index (χ1) is 8.18. The van der Waals surface area contributed by atoms with Gasteiger partial charge < -0.3 is 5.73 Å². The smallest absolute Gasteiger partial charge is 0.0314 e. The quantitative estimate of drug-likeness (QED) is 0.526. The van der Waals surface area contributed by atoms with Gasteiger partial charge in [0.15, 0.2) is 0 Å². The van der Waals surface area contributed by atoms with Gasteiger partial charge in [0.2, 0.25) is 0 Å². The van der Waals surface area contributed by atoms with E-state index in [9.17, 15) is 0 Å². The molecule has 0 atom stereocenters. The fraction of sp³-hybridized carbons (Fsp3) is 0.333. The molecule has 1 aliphatic rings. The Morgan fingerprint density at radius 2 is 1.78 bits per heavy atom. The molecule has 1 aromatic rings. The number of halogens is 1. The van der Waals surface area contributed by atoms with Crippen LogP contribution < -0.4 is 5.73 Å². The third kappa shape index (κ3) is 8.50. The van der Waals surface area contributed by atoms with Crippen molar-refractivity contribution >= 4 is 17.3 Å². The molecule has 0 heterocycles. The number of nitrogen functional groups attached to an aromatic ring is 1. The van der Waals surface area contributed by atoms with Crippen molar-refractivity contribution < 1.29 is 19.5 Å². The number of rotatable bonds is 0. The van der Waals surface area contributed by atoms with Crippen LogP contribution >= 0.6 is 11.6 Å². The molecule has 0 amide bonds. The first kappa shape index (κ1) is 17.4. The first-order valence-corrected chi connectivity index (χ1v) is 6.39. The molecule has 0 aliphatic heterocycles. The fourth-order valence-electron chi connectivity index (χ4n) is 1.47. The summed E-state index contributed by atoms with van der Waals surface area (Å²) in [6, 6.07) is 7.79. The van der Waals surface area contributed by atoms with Gasteiger partial charge in [0.05, 0.1) is 0 Å². The maximum atomic E-state index is 5.80. The standard InChI is InChI=1S/C8H11Cl.C7H9N.Rh/c9-8-6-4-2-1-3-5-7-8;1-6-2-4-7(8)5-3-6;/h2,4,6H,1,3,5,7H2;2-5H,8H2,1H3;. The SMILES string of the molecule is Cc1ccc(N)cc1.ClC1=CC=CCCCC1.[Rh]. The van der Waals surface area contributed by atoms with Crippen LogP contribution in [0.25, 0.3) is 0 Å². The summed E-state index contributed by atoms with van der Waals surface area (Å²) < 4.78 is 0. The summed E-state index contributed by atoms with van der Waals surface area (Å²) in [7, 11) is 0. The van der Waals surface area contributed by atoms with Gasteiger partial charge in [-0.25, -0.2) is 0 Å². The molecule has 2 rings (SSSR count). The van der Waals surface area contributed by atoms with E-state index in [-0.39, 0.29) is 19.5 Å². The van der Waals surface area contributed by atoms with Crippen LogP contribution in [0.2, 0.25) is 0 Å². The second-order valence-electron chi connectivity index (χ2n) is 4.20. The van der Waals surface area contributed by atoms with Crippen molar-refractivity contribution in [3.8, 4) is 0 Å². The van der Waals surface area contributed by atoms with E-state index in [0.29, 0.717) is 0 Å². The second kappa shape index (κ2) is 10.3. The Balaban J connectivity index is 0.000000306. The Hall–Kier alpha value is -0.587. The average molecular weight is 353 g/mol. The van der Waals surface area contributed by atoms with Crippen LogP contribution in [0, 0.1) is 6.92 Å². The Morgan fingerprint density at radius 3 is 2.39 bits per heavy atom. The minimum absolute atomic E-state index is 0. The maximum Gasteiger partial charge on any atom is 0.0314 e. The van der Waals surface area contributed by atoms with Crippen LogP contribution in [-0.2, 0) is 19.5 Å². The van der Waals surface area contributed by atoms with Crippen molar-refractivity contribution in [2.75, 3.05) is 5.73 Å². The molecule has 1 nitrogen and oxygen atoms in total. The molecule has 0 saturated heterocycles. The predicted octanol–water partition coefficient (Wildman–Crippen LogP) is 4.81. The summed E-state index contributed by atoms with van der Waals surface area (Å²) in [6.07, 6.45) is 11.0. The van der Waals surface area contributed by atoms with Crippen LogP contribution in [0.1, 0.15) is 31.2 Å². The first-order valence-electron chi connectivity index (χ1n) is 6.02. The van der Waals surface area contributed by atoms with E-state index in [1.807, 2.05) is 43.3 Å². The van der Waals surface area contributed by atoms with Gasteiger partial charge in [-0.05, 0) is 50.8 Å². The Labute approximate surface area is 128 Å². The number of allylic oxidation sites excluding steroid dienone is 4. The summed E-state index contributed by atoms with van der Waals surface area (Å²) >= 11 is 5.80. The number of anilines is 1. The van der Waals surface area contributed by atoms with E-state index < -0.39 is 0 Å². The molecular weight excluding hydrogens is 333 g/mol. The molecule has 0 fully saturated rings. The Bertz CT molecular complexity index is 361. The molecule has 0 unspecified atom stereocenters. The summed E-state index contributed by atoms with van der Waals surface area (Å²) in [4.78, 5) is 0.